The summed E-state index contributed by atoms with van der Waals surface area (Å²) in [5, 5.41) is 14.7. The van der Waals surface area contributed by atoms with E-state index >= 15 is 0 Å². The van der Waals surface area contributed by atoms with E-state index in [9.17, 15) is 9.90 Å². The van der Waals surface area contributed by atoms with Gasteiger partial charge in [-0.2, -0.15) is 0 Å². The minimum atomic E-state index is -0.523. The van der Waals surface area contributed by atoms with Crippen molar-refractivity contribution in [1.29, 1.82) is 0 Å². The normalized spacial score (nSPS) is 16.6. The largest absolute Gasteiger partial charge is 0.395 e. The third kappa shape index (κ3) is 2.18. The molecule has 2 N–H and O–H groups in total. The molecule has 0 atom stereocenters. The second kappa shape index (κ2) is 5.25. The molecule has 104 valence electrons. The van der Waals surface area contributed by atoms with Gasteiger partial charge in [0.15, 0.2) is 0 Å². The molecule has 0 aromatic heterocycles. The van der Waals surface area contributed by atoms with Crippen molar-refractivity contribution in [2.24, 2.45) is 5.41 Å². The Balaban J connectivity index is 1.76. The predicted molar refractivity (Wildman–Crippen MR) is 79.2 cm³/mol. The molecule has 0 bridgehead atoms. The van der Waals surface area contributed by atoms with Crippen LogP contribution >= 0.6 is 0 Å². The Hall–Kier alpha value is -1.87. The van der Waals surface area contributed by atoms with Crippen molar-refractivity contribution in [3.63, 3.8) is 0 Å². The minimum absolute atomic E-state index is 0.0146. The first kappa shape index (κ1) is 13.1. The lowest BCUT2D eigenvalue weighted by Gasteiger charge is -2.38. The maximum atomic E-state index is 12.2. The van der Waals surface area contributed by atoms with Crippen LogP contribution in [0.1, 0.15) is 24.8 Å². The van der Waals surface area contributed by atoms with Gasteiger partial charge in [-0.1, -0.05) is 48.9 Å². The third-order valence-corrected chi connectivity index (χ3v) is 4.41. The molecule has 2 aromatic carbocycles. The average molecular weight is 269 g/mol. The summed E-state index contributed by atoms with van der Waals surface area (Å²) < 4.78 is 0. The van der Waals surface area contributed by atoms with Gasteiger partial charge in [0.05, 0.1) is 12.0 Å². The second-order valence-electron chi connectivity index (χ2n) is 5.61. The quantitative estimate of drug-likeness (QED) is 0.896. The van der Waals surface area contributed by atoms with Crippen LogP contribution in [0.3, 0.4) is 0 Å². The topological polar surface area (TPSA) is 49.3 Å². The van der Waals surface area contributed by atoms with Crippen LogP contribution in [0.25, 0.3) is 10.8 Å². The summed E-state index contributed by atoms with van der Waals surface area (Å²) in [6.07, 6.45) is 2.62. The van der Waals surface area contributed by atoms with Crippen molar-refractivity contribution in [2.45, 2.75) is 25.8 Å². The highest BCUT2D eigenvalue weighted by molar-refractivity contribution is 5.87. The molecular weight excluding hydrogens is 250 g/mol. The van der Waals surface area contributed by atoms with Gasteiger partial charge < -0.3 is 10.4 Å². The van der Waals surface area contributed by atoms with Crippen LogP contribution < -0.4 is 5.32 Å². The highest BCUT2D eigenvalue weighted by Crippen LogP contribution is 2.40. The van der Waals surface area contributed by atoms with Gasteiger partial charge in [-0.05, 0) is 29.2 Å². The lowest BCUT2D eigenvalue weighted by atomic mass is 9.68. The van der Waals surface area contributed by atoms with Crippen LogP contribution in [-0.2, 0) is 11.3 Å². The number of hydrogen-bond acceptors (Lipinski definition) is 2. The molecule has 1 aliphatic rings. The maximum Gasteiger partial charge on any atom is 0.228 e. The van der Waals surface area contributed by atoms with Gasteiger partial charge in [0.1, 0.15) is 0 Å². The first-order chi connectivity index (χ1) is 9.75. The predicted octanol–water partition coefficient (Wildman–Crippen LogP) is 2.62. The molecule has 0 heterocycles. The fourth-order valence-corrected chi connectivity index (χ4v) is 2.87. The molecule has 0 unspecified atom stereocenters. The van der Waals surface area contributed by atoms with Crippen molar-refractivity contribution in [3.8, 4) is 0 Å². The molecule has 3 heteroatoms. The summed E-state index contributed by atoms with van der Waals surface area (Å²) in [7, 11) is 0. The van der Waals surface area contributed by atoms with Gasteiger partial charge in [0, 0.05) is 6.54 Å². The first-order valence-electron chi connectivity index (χ1n) is 7.11. The van der Waals surface area contributed by atoms with Crippen LogP contribution in [0.4, 0.5) is 0 Å². The number of amides is 1. The third-order valence-electron chi connectivity index (χ3n) is 4.41. The van der Waals surface area contributed by atoms with Gasteiger partial charge in [-0.15, -0.1) is 0 Å². The molecule has 1 saturated carbocycles. The Labute approximate surface area is 118 Å². The van der Waals surface area contributed by atoms with E-state index < -0.39 is 5.41 Å². The van der Waals surface area contributed by atoms with Gasteiger partial charge in [0.2, 0.25) is 5.91 Å². The number of carbonyl (C=O) groups is 1. The number of hydrogen-bond donors (Lipinski definition) is 2. The van der Waals surface area contributed by atoms with Crippen molar-refractivity contribution in [3.05, 3.63) is 48.0 Å². The van der Waals surface area contributed by atoms with E-state index in [0.717, 1.165) is 24.8 Å². The molecule has 0 radical (unpaired) electrons. The van der Waals surface area contributed by atoms with Crippen LogP contribution in [0.2, 0.25) is 0 Å². The second-order valence-corrected chi connectivity index (χ2v) is 5.61. The van der Waals surface area contributed by atoms with E-state index in [1.54, 1.807) is 0 Å². The van der Waals surface area contributed by atoms with Crippen molar-refractivity contribution >= 4 is 16.7 Å². The zero-order valence-electron chi connectivity index (χ0n) is 11.4. The van der Waals surface area contributed by atoms with Crippen LogP contribution in [0, 0.1) is 5.41 Å². The summed E-state index contributed by atoms with van der Waals surface area (Å²) in [5.41, 5.74) is 0.591. The highest BCUT2D eigenvalue weighted by atomic mass is 16.3. The summed E-state index contributed by atoms with van der Waals surface area (Å²) in [4.78, 5) is 12.2. The highest BCUT2D eigenvalue weighted by Gasteiger charge is 2.43. The van der Waals surface area contributed by atoms with Gasteiger partial charge in [-0.3, -0.25) is 4.79 Å². The molecule has 0 aliphatic heterocycles. The van der Waals surface area contributed by atoms with Gasteiger partial charge >= 0.3 is 0 Å². The SMILES string of the molecule is O=C(NCc1cccc2ccccc12)C1(CO)CCC1. The van der Waals surface area contributed by atoms with E-state index in [2.05, 4.69) is 23.5 Å². The van der Waals surface area contributed by atoms with Crippen LogP contribution in [0.15, 0.2) is 42.5 Å². The van der Waals surface area contributed by atoms with E-state index in [-0.39, 0.29) is 12.5 Å². The summed E-state index contributed by atoms with van der Waals surface area (Å²) in [6.45, 7) is 0.469. The first-order valence-corrected chi connectivity index (χ1v) is 7.11. The molecule has 3 rings (SSSR count). The van der Waals surface area contributed by atoms with Crippen LogP contribution in [-0.4, -0.2) is 17.6 Å². The van der Waals surface area contributed by atoms with E-state index in [1.165, 1.54) is 10.8 Å². The monoisotopic (exact) mass is 269 g/mol. The smallest absolute Gasteiger partial charge is 0.228 e. The van der Waals surface area contributed by atoms with Gasteiger partial charge in [0.25, 0.3) is 0 Å². The van der Waals surface area contributed by atoms with Crippen molar-refractivity contribution in [2.75, 3.05) is 6.61 Å². The van der Waals surface area contributed by atoms with Crippen molar-refractivity contribution < 1.29 is 9.90 Å². The summed E-state index contributed by atoms with van der Waals surface area (Å²) in [6, 6.07) is 14.3. The van der Waals surface area contributed by atoms with E-state index in [4.69, 9.17) is 0 Å². The Morgan fingerprint density at radius 2 is 1.90 bits per heavy atom. The standard InChI is InChI=1S/C17H19NO2/c19-12-17(9-4-10-17)16(20)18-11-14-7-3-6-13-5-1-2-8-15(13)14/h1-3,5-8,19H,4,9-12H2,(H,18,20). The number of benzene rings is 2. The molecule has 0 spiro atoms. The summed E-state index contributed by atoms with van der Waals surface area (Å²) >= 11 is 0. The fraction of sp³-hybridized carbons (Fsp3) is 0.353. The molecule has 20 heavy (non-hydrogen) atoms. The average Bonchev–Trinajstić information content (AvgIpc) is 2.44. The molecule has 1 aliphatic carbocycles. The fourth-order valence-electron chi connectivity index (χ4n) is 2.87. The Morgan fingerprint density at radius 3 is 2.60 bits per heavy atom. The molecule has 0 saturated heterocycles. The number of aliphatic hydroxyl groups excluding tert-OH is 1. The van der Waals surface area contributed by atoms with Gasteiger partial charge in [-0.25, -0.2) is 0 Å². The maximum absolute atomic E-state index is 12.2. The summed E-state index contributed by atoms with van der Waals surface area (Å²) in [5.74, 6) is -0.0146. The van der Waals surface area contributed by atoms with E-state index in [0.29, 0.717) is 6.54 Å². The lowest BCUT2D eigenvalue weighted by molar-refractivity contribution is -0.139. The van der Waals surface area contributed by atoms with Crippen LogP contribution in [0.5, 0.6) is 0 Å². The number of rotatable bonds is 4. The minimum Gasteiger partial charge on any atom is -0.395 e. The zero-order chi connectivity index (χ0) is 14.0. The molecule has 1 fully saturated rings. The van der Waals surface area contributed by atoms with Crippen molar-refractivity contribution in [1.82, 2.24) is 5.32 Å². The number of aliphatic hydroxyl groups is 1. The number of nitrogens with one attached hydrogen (secondary N) is 1. The van der Waals surface area contributed by atoms with E-state index in [1.807, 2.05) is 24.3 Å². The Morgan fingerprint density at radius 1 is 1.15 bits per heavy atom. The lowest BCUT2D eigenvalue weighted by Crippen LogP contribution is -2.47. The zero-order valence-corrected chi connectivity index (χ0v) is 11.4. The Bertz CT molecular complexity index is 621. The molecule has 2 aromatic rings. The molecular formula is C17H19NO2. The number of carbonyl (C=O) groups excluding carboxylic acids is 1. The molecule has 3 nitrogen and oxygen atoms in total. The molecule has 1 amide bonds. The number of fused-ring (bicyclic) bond motifs is 1. The Kier molecular flexibility index (Phi) is 3.45.